The summed E-state index contributed by atoms with van der Waals surface area (Å²) in [5.41, 5.74) is 5.96. The fraction of sp³-hybridized carbons (Fsp3) is 0.478. The van der Waals surface area contributed by atoms with Crippen LogP contribution in [0.25, 0.3) is 11.1 Å². The zero-order chi connectivity index (χ0) is 19.8. The lowest BCUT2D eigenvalue weighted by atomic mass is 9.76. The van der Waals surface area contributed by atoms with Crippen LogP contribution in [-0.2, 0) is 12.8 Å². The van der Waals surface area contributed by atoms with Crippen molar-refractivity contribution in [2.75, 3.05) is 34.4 Å². The number of phenolic OH excluding ortho intramolecular Hbond substituents is 1. The van der Waals surface area contributed by atoms with Crippen molar-refractivity contribution in [2.45, 2.75) is 38.6 Å². The molecule has 0 saturated carbocycles. The zero-order valence-electron chi connectivity index (χ0n) is 17.2. The van der Waals surface area contributed by atoms with Gasteiger partial charge in [-0.1, -0.05) is 13.3 Å². The van der Waals surface area contributed by atoms with E-state index in [0.29, 0.717) is 11.8 Å². The van der Waals surface area contributed by atoms with Gasteiger partial charge in [0.1, 0.15) is 0 Å². The van der Waals surface area contributed by atoms with Gasteiger partial charge in [0.05, 0.1) is 21.3 Å². The highest BCUT2D eigenvalue weighted by molar-refractivity contribution is 5.85. The van der Waals surface area contributed by atoms with E-state index in [1.54, 1.807) is 21.3 Å². The maximum Gasteiger partial charge on any atom is 0.168 e. The molecule has 0 bridgehead atoms. The summed E-state index contributed by atoms with van der Waals surface area (Å²) in [6, 6.07) is 6.22. The Morgan fingerprint density at radius 3 is 2.50 bits per heavy atom. The molecule has 0 saturated heterocycles. The second-order valence-corrected chi connectivity index (χ2v) is 7.60. The molecule has 1 heterocycles. The van der Waals surface area contributed by atoms with Crippen molar-refractivity contribution < 1.29 is 19.3 Å². The van der Waals surface area contributed by atoms with Gasteiger partial charge in [-0.3, -0.25) is 4.90 Å². The summed E-state index contributed by atoms with van der Waals surface area (Å²) in [5.74, 6) is 2.19. The Balaban J connectivity index is 1.97. The van der Waals surface area contributed by atoms with E-state index in [-0.39, 0.29) is 5.75 Å². The largest absolute Gasteiger partial charge is 0.504 e. The molecule has 1 aliphatic carbocycles. The number of hydrogen-bond acceptors (Lipinski definition) is 5. The molecule has 1 N–H and O–H groups in total. The summed E-state index contributed by atoms with van der Waals surface area (Å²) in [5, 5.41) is 10.4. The van der Waals surface area contributed by atoms with Crippen molar-refractivity contribution in [1.29, 1.82) is 0 Å². The Hall–Kier alpha value is -2.40. The van der Waals surface area contributed by atoms with Gasteiger partial charge in [-0.15, -0.1) is 0 Å². The molecule has 0 spiro atoms. The summed E-state index contributed by atoms with van der Waals surface area (Å²) >= 11 is 0. The average Bonchev–Trinajstić information content (AvgIpc) is 2.72. The van der Waals surface area contributed by atoms with Crippen LogP contribution in [-0.4, -0.2) is 44.4 Å². The molecule has 2 aromatic rings. The van der Waals surface area contributed by atoms with Gasteiger partial charge in [0.25, 0.3) is 0 Å². The van der Waals surface area contributed by atoms with Crippen molar-refractivity contribution in [2.24, 2.45) is 0 Å². The Bertz CT molecular complexity index is 893. The highest BCUT2D eigenvalue weighted by Crippen LogP contribution is 2.54. The molecule has 0 aromatic heterocycles. The van der Waals surface area contributed by atoms with Crippen LogP contribution in [0.5, 0.6) is 23.0 Å². The summed E-state index contributed by atoms with van der Waals surface area (Å²) in [7, 11) is 4.96. The molecular weight excluding hydrogens is 354 g/mol. The van der Waals surface area contributed by atoms with Crippen molar-refractivity contribution in [1.82, 2.24) is 4.90 Å². The number of hydrogen-bond donors (Lipinski definition) is 1. The van der Waals surface area contributed by atoms with E-state index in [1.165, 1.54) is 24.0 Å². The number of unbranched alkanes of at least 4 members (excludes halogenated alkanes) is 1. The minimum atomic E-state index is 0.183. The van der Waals surface area contributed by atoms with Gasteiger partial charge in [0.2, 0.25) is 0 Å². The first-order valence-corrected chi connectivity index (χ1v) is 10.0. The first kappa shape index (κ1) is 18.9. The zero-order valence-corrected chi connectivity index (χ0v) is 17.2. The normalized spacial score (nSPS) is 17.6. The smallest absolute Gasteiger partial charge is 0.168 e. The molecule has 1 aliphatic heterocycles. The van der Waals surface area contributed by atoms with Gasteiger partial charge >= 0.3 is 0 Å². The number of aromatic hydroxyl groups is 1. The van der Waals surface area contributed by atoms with E-state index in [0.717, 1.165) is 54.1 Å². The molecule has 1 atom stereocenters. The van der Waals surface area contributed by atoms with Crippen LogP contribution in [0.2, 0.25) is 0 Å². The van der Waals surface area contributed by atoms with Crippen molar-refractivity contribution >= 4 is 0 Å². The third-order valence-electron chi connectivity index (χ3n) is 6.12. The lowest BCUT2D eigenvalue weighted by Crippen LogP contribution is -2.39. The van der Waals surface area contributed by atoms with Crippen molar-refractivity contribution in [3.8, 4) is 34.1 Å². The molecule has 4 rings (SSSR count). The fourth-order valence-corrected chi connectivity index (χ4v) is 4.76. The average molecular weight is 383 g/mol. The highest BCUT2D eigenvalue weighted by Gasteiger charge is 2.37. The van der Waals surface area contributed by atoms with Crippen molar-refractivity contribution in [3.63, 3.8) is 0 Å². The van der Waals surface area contributed by atoms with Crippen LogP contribution in [0.4, 0.5) is 0 Å². The Morgan fingerprint density at radius 1 is 1.04 bits per heavy atom. The van der Waals surface area contributed by atoms with Gasteiger partial charge in [-0.05, 0) is 66.3 Å². The number of nitrogens with zero attached hydrogens (tertiary/aromatic N) is 1. The monoisotopic (exact) mass is 383 g/mol. The van der Waals surface area contributed by atoms with Crippen LogP contribution in [0, 0.1) is 0 Å². The molecule has 0 unspecified atom stereocenters. The number of fused-ring (bicyclic) bond motifs is 2. The molecule has 5 nitrogen and oxygen atoms in total. The highest BCUT2D eigenvalue weighted by atomic mass is 16.5. The molecular formula is C23H29NO4. The second kappa shape index (κ2) is 7.55. The molecule has 0 amide bonds. The Morgan fingerprint density at radius 2 is 1.82 bits per heavy atom. The second-order valence-electron chi connectivity index (χ2n) is 7.60. The van der Waals surface area contributed by atoms with Gasteiger partial charge < -0.3 is 19.3 Å². The minimum absolute atomic E-state index is 0.183. The maximum atomic E-state index is 10.4. The first-order chi connectivity index (χ1) is 13.6. The Kier molecular flexibility index (Phi) is 5.11. The summed E-state index contributed by atoms with van der Waals surface area (Å²) in [4.78, 5) is 2.59. The fourth-order valence-electron chi connectivity index (χ4n) is 4.76. The number of phenols is 1. The van der Waals surface area contributed by atoms with E-state index in [9.17, 15) is 5.11 Å². The number of benzene rings is 2. The number of rotatable bonds is 6. The van der Waals surface area contributed by atoms with Crippen LogP contribution in [0.1, 0.15) is 42.5 Å². The minimum Gasteiger partial charge on any atom is -0.504 e. The lowest BCUT2D eigenvalue weighted by Gasteiger charge is -2.42. The molecule has 5 heteroatoms. The first-order valence-electron chi connectivity index (χ1n) is 10.0. The number of ether oxygens (including phenoxy) is 3. The van der Waals surface area contributed by atoms with Gasteiger partial charge in [0, 0.05) is 18.2 Å². The van der Waals surface area contributed by atoms with Crippen LogP contribution in [0.3, 0.4) is 0 Å². The molecule has 0 fully saturated rings. The Labute approximate surface area is 166 Å². The van der Waals surface area contributed by atoms with Gasteiger partial charge in [-0.2, -0.15) is 0 Å². The SMILES string of the molecule is CCCCN1CCc2cc(OC)c(OC)c3c2[C@@H]1Cc1cc(O)c(OC)cc1-3. The van der Waals surface area contributed by atoms with Crippen LogP contribution in [0.15, 0.2) is 18.2 Å². The summed E-state index contributed by atoms with van der Waals surface area (Å²) < 4.78 is 16.9. The molecule has 2 aromatic carbocycles. The standard InChI is InChI=1S/C23H29NO4/c1-5-6-8-24-9-7-14-12-20(27-3)23(28-4)22-16-13-19(26-2)18(25)11-15(16)10-17(24)21(14)22/h11-13,17,25H,5-10H2,1-4H3/t17-/m0/s1. The van der Waals surface area contributed by atoms with E-state index in [2.05, 4.69) is 17.9 Å². The molecule has 28 heavy (non-hydrogen) atoms. The third kappa shape index (κ3) is 2.89. The van der Waals surface area contributed by atoms with Crippen LogP contribution < -0.4 is 14.2 Å². The summed E-state index contributed by atoms with van der Waals surface area (Å²) in [6.45, 7) is 4.37. The van der Waals surface area contributed by atoms with E-state index in [1.807, 2.05) is 12.1 Å². The third-order valence-corrected chi connectivity index (χ3v) is 6.12. The topological polar surface area (TPSA) is 51.2 Å². The maximum absolute atomic E-state index is 10.4. The lowest BCUT2D eigenvalue weighted by molar-refractivity contribution is 0.179. The molecule has 0 radical (unpaired) electrons. The van der Waals surface area contributed by atoms with E-state index >= 15 is 0 Å². The van der Waals surface area contributed by atoms with E-state index in [4.69, 9.17) is 14.2 Å². The van der Waals surface area contributed by atoms with Crippen molar-refractivity contribution in [3.05, 3.63) is 34.9 Å². The van der Waals surface area contributed by atoms with E-state index < -0.39 is 0 Å². The predicted octanol–water partition coefficient (Wildman–Crippen LogP) is 4.34. The molecule has 2 aliphatic rings. The quantitative estimate of drug-likeness (QED) is 0.804. The predicted molar refractivity (Wildman–Crippen MR) is 110 cm³/mol. The van der Waals surface area contributed by atoms with Gasteiger partial charge in [-0.25, -0.2) is 0 Å². The molecule has 150 valence electrons. The summed E-state index contributed by atoms with van der Waals surface area (Å²) in [6.07, 6.45) is 4.26. The number of methoxy groups -OCH3 is 3. The van der Waals surface area contributed by atoms with Crippen LogP contribution >= 0.6 is 0 Å². The van der Waals surface area contributed by atoms with Gasteiger partial charge in [0.15, 0.2) is 23.0 Å².